The number of nitrogens with zero attached hydrogens (tertiary/aromatic N) is 3. The molecule has 9 nitrogen and oxygen atoms in total. The van der Waals surface area contributed by atoms with Crippen LogP contribution in [0.15, 0.2) is 24.3 Å². The van der Waals surface area contributed by atoms with Gasteiger partial charge in [-0.3, -0.25) is 14.5 Å². The highest BCUT2D eigenvalue weighted by Gasteiger charge is 2.40. The van der Waals surface area contributed by atoms with Crippen LogP contribution in [0.5, 0.6) is 5.75 Å². The molecule has 0 radical (unpaired) electrons. The SMILES string of the molecule is CCNC(=O)C(C#N)CC1SC(CCNc2cccc(OCCN3CCOCC3)c2)C(=O)N1CC. The number of nitriles is 1. The summed E-state index contributed by atoms with van der Waals surface area (Å²) in [6.07, 6.45) is 1.01. The van der Waals surface area contributed by atoms with E-state index in [1.807, 2.05) is 38.1 Å². The molecule has 0 saturated carbocycles. The molecule has 2 amide bonds. The molecule has 3 atom stereocenters. The molecular formula is C25H37N5O4S. The van der Waals surface area contributed by atoms with Crippen LogP contribution in [0.3, 0.4) is 0 Å². The summed E-state index contributed by atoms with van der Waals surface area (Å²) in [5.74, 6) is -0.120. The molecule has 1 aromatic carbocycles. The topological polar surface area (TPSA) is 107 Å². The Hall–Kier alpha value is -2.48. The highest BCUT2D eigenvalue weighted by atomic mass is 32.2. The molecule has 3 unspecified atom stereocenters. The van der Waals surface area contributed by atoms with Crippen molar-refractivity contribution in [1.82, 2.24) is 15.1 Å². The van der Waals surface area contributed by atoms with E-state index in [1.165, 1.54) is 0 Å². The fourth-order valence-corrected chi connectivity index (χ4v) is 5.85. The summed E-state index contributed by atoms with van der Waals surface area (Å²) in [5.41, 5.74) is 0.953. The van der Waals surface area contributed by atoms with Crippen molar-refractivity contribution < 1.29 is 19.1 Å². The minimum atomic E-state index is -0.753. The first kappa shape index (κ1) is 27.1. The fraction of sp³-hybridized carbons (Fsp3) is 0.640. The lowest BCUT2D eigenvalue weighted by atomic mass is 10.1. The second-order valence-electron chi connectivity index (χ2n) is 8.56. The lowest BCUT2D eigenvalue weighted by molar-refractivity contribution is -0.131. The van der Waals surface area contributed by atoms with Gasteiger partial charge in [0, 0.05) is 57.4 Å². The van der Waals surface area contributed by atoms with Gasteiger partial charge in [-0.1, -0.05) is 6.07 Å². The average Bonchev–Trinajstić information content (AvgIpc) is 3.17. The molecule has 0 bridgehead atoms. The third-order valence-electron chi connectivity index (χ3n) is 6.18. The predicted octanol–water partition coefficient (Wildman–Crippen LogP) is 2.16. The first-order valence-corrected chi connectivity index (χ1v) is 13.4. The quantitative estimate of drug-likeness (QED) is 0.422. The molecular weight excluding hydrogens is 466 g/mol. The summed E-state index contributed by atoms with van der Waals surface area (Å²) in [7, 11) is 0. The summed E-state index contributed by atoms with van der Waals surface area (Å²) in [4.78, 5) is 29.2. The van der Waals surface area contributed by atoms with Crippen molar-refractivity contribution in [2.75, 3.05) is 64.4 Å². The summed E-state index contributed by atoms with van der Waals surface area (Å²) >= 11 is 1.56. The smallest absolute Gasteiger partial charge is 0.237 e. The van der Waals surface area contributed by atoms with E-state index in [0.29, 0.717) is 39.1 Å². The summed E-state index contributed by atoms with van der Waals surface area (Å²) in [6, 6.07) is 9.97. The molecule has 2 saturated heterocycles. The maximum Gasteiger partial charge on any atom is 0.237 e. The molecule has 2 aliphatic heterocycles. The number of anilines is 1. The molecule has 192 valence electrons. The van der Waals surface area contributed by atoms with E-state index in [1.54, 1.807) is 16.7 Å². The van der Waals surface area contributed by atoms with Crippen LogP contribution < -0.4 is 15.4 Å². The van der Waals surface area contributed by atoms with E-state index >= 15 is 0 Å². The van der Waals surface area contributed by atoms with E-state index in [2.05, 4.69) is 21.6 Å². The third-order valence-corrected chi connectivity index (χ3v) is 7.71. The van der Waals surface area contributed by atoms with Crippen molar-refractivity contribution in [3.63, 3.8) is 0 Å². The lowest BCUT2D eigenvalue weighted by Crippen LogP contribution is -2.38. The number of amides is 2. The van der Waals surface area contributed by atoms with Gasteiger partial charge in [-0.15, -0.1) is 11.8 Å². The minimum Gasteiger partial charge on any atom is -0.492 e. The van der Waals surface area contributed by atoms with Crippen molar-refractivity contribution in [3.8, 4) is 11.8 Å². The first-order valence-electron chi connectivity index (χ1n) is 12.5. The maximum atomic E-state index is 12.9. The van der Waals surface area contributed by atoms with Crippen LogP contribution in [-0.2, 0) is 14.3 Å². The van der Waals surface area contributed by atoms with Crippen molar-refractivity contribution >= 4 is 29.3 Å². The molecule has 2 heterocycles. The number of carbonyl (C=O) groups is 2. The number of ether oxygens (including phenoxy) is 2. The molecule has 1 aromatic rings. The Morgan fingerprint density at radius 2 is 2.14 bits per heavy atom. The van der Waals surface area contributed by atoms with Crippen molar-refractivity contribution in [2.24, 2.45) is 5.92 Å². The number of thioether (sulfide) groups is 1. The molecule has 10 heteroatoms. The second kappa shape index (κ2) is 14.2. The number of hydrogen-bond donors (Lipinski definition) is 2. The molecule has 0 aliphatic carbocycles. The van der Waals surface area contributed by atoms with Gasteiger partial charge in [0.25, 0.3) is 0 Å². The lowest BCUT2D eigenvalue weighted by Gasteiger charge is -2.26. The van der Waals surface area contributed by atoms with Crippen LogP contribution in [0.25, 0.3) is 0 Å². The number of rotatable bonds is 13. The third kappa shape index (κ3) is 8.02. The Bertz CT molecular complexity index is 874. The van der Waals surface area contributed by atoms with Gasteiger partial charge in [0.1, 0.15) is 18.3 Å². The van der Waals surface area contributed by atoms with Gasteiger partial charge in [-0.25, -0.2) is 0 Å². The van der Waals surface area contributed by atoms with Gasteiger partial charge >= 0.3 is 0 Å². The van der Waals surface area contributed by atoms with Crippen LogP contribution in [-0.4, -0.2) is 91.3 Å². The maximum absolute atomic E-state index is 12.9. The van der Waals surface area contributed by atoms with Gasteiger partial charge in [0.15, 0.2) is 0 Å². The highest BCUT2D eigenvalue weighted by Crippen LogP contribution is 2.37. The number of carbonyl (C=O) groups excluding carboxylic acids is 2. The Labute approximate surface area is 212 Å². The summed E-state index contributed by atoms with van der Waals surface area (Å²) in [5, 5.41) is 15.2. The van der Waals surface area contributed by atoms with Gasteiger partial charge in [0.05, 0.1) is 29.9 Å². The predicted molar refractivity (Wildman–Crippen MR) is 137 cm³/mol. The molecule has 2 fully saturated rings. The van der Waals surface area contributed by atoms with Crippen LogP contribution in [0.1, 0.15) is 26.7 Å². The van der Waals surface area contributed by atoms with Crippen LogP contribution >= 0.6 is 11.8 Å². The Morgan fingerprint density at radius 3 is 2.86 bits per heavy atom. The van der Waals surface area contributed by atoms with Crippen LogP contribution in [0, 0.1) is 17.2 Å². The van der Waals surface area contributed by atoms with E-state index in [0.717, 1.165) is 44.3 Å². The highest BCUT2D eigenvalue weighted by molar-refractivity contribution is 8.01. The molecule has 35 heavy (non-hydrogen) atoms. The van der Waals surface area contributed by atoms with E-state index < -0.39 is 5.92 Å². The molecule has 2 N–H and O–H groups in total. The molecule has 3 rings (SSSR count). The number of morpholine rings is 1. The Kier molecular flexibility index (Phi) is 11.0. The van der Waals surface area contributed by atoms with Gasteiger partial charge < -0.3 is 25.0 Å². The van der Waals surface area contributed by atoms with E-state index in [-0.39, 0.29) is 22.4 Å². The largest absolute Gasteiger partial charge is 0.492 e. The number of benzene rings is 1. The van der Waals surface area contributed by atoms with Crippen molar-refractivity contribution in [3.05, 3.63) is 24.3 Å². The fourth-order valence-electron chi connectivity index (χ4n) is 4.26. The van der Waals surface area contributed by atoms with Gasteiger partial charge in [-0.05, 0) is 32.4 Å². The second-order valence-corrected chi connectivity index (χ2v) is 9.95. The molecule has 2 aliphatic rings. The Morgan fingerprint density at radius 1 is 1.34 bits per heavy atom. The van der Waals surface area contributed by atoms with Gasteiger partial charge in [0.2, 0.25) is 11.8 Å². The van der Waals surface area contributed by atoms with E-state index in [4.69, 9.17) is 9.47 Å². The average molecular weight is 504 g/mol. The van der Waals surface area contributed by atoms with Crippen LogP contribution in [0.2, 0.25) is 0 Å². The van der Waals surface area contributed by atoms with Crippen molar-refractivity contribution in [2.45, 2.75) is 37.3 Å². The zero-order valence-corrected chi connectivity index (χ0v) is 21.5. The number of hydrogen-bond acceptors (Lipinski definition) is 8. The Balaban J connectivity index is 1.45. The normalized spacial score (nSPS) is 21.4. The standard InChI is InChI=1S/C25H37N5O4S/c1-3-27-24(31)19(18-26)16-23-30(4-2)25(32)22(35-23)8-9-28-20-6-5-7-21(17-20)34-15-12-29-10-13-33-14-11-29/h5-7,17,19,22-23,28H,3-4,8-16H2,1-2H3,(H,27,31). The van der Waals surface area contributed by atoms with Crippen molar-refractivity contribution in [1.29, 1.82) is 5.26 Å². The van der Waals surface area contributed by atoms with E-state index in [9.17, 15) is 14.9 Å². The molecule has 0 spiro atoms. The first-order chi connectivity index (χ1) is 17.0. The monoisotopic (exact) mass is 503 g/mol. The van der Waals surface area contributed by atoms with Crippen LogP contribution in [0.4, 0.5) is 5.69 Å². The zero-order chi connectivity index (χ0) is 25.0. The number of nitrogens with one attached hydrogen (secondary N) is 2. The summed E-state index contributed by atoms with van der Waals surface area (Å²) in [6.45, 7) is 10.4. The minimum absolute atomic E-state index is 0.0806. The zero-order valence-electron chi connectivity index (χ0n) is 20.7. The van der Waals surface area contributed by atoms with Gasteiger partial charge in [-0.2, -0.15) is 5.26 Å². The molecule has 0 aromatic heterocycles. The summed E-state index contributed by atoms with van der Waals surface area (Å²) < 4.78 is 11.3.